The number of anilines is 1. The molecule has 8 nitrogen and oxygen atoms in total. The fourth-order valence-corrected chi connectivity index (χ4v) is 5.37. The van der Waals surface area contributed by atoms with Gasteiger partial charge in [-0.3, -0.25) is 13.9 Å². The van der Waals surface area contributed by atoms with E-state index >= 15 is 0 Å². The molecular weight excluding hydrogens is 502 g/mol. The van der Waals surface area contributed by atoms with E-state index in [-0.39, 0.29) is 24.2 Å². The summed E-state index contributed by atoms with van der Waals surface area (Å²) in [4.78, 5) is 28.2. The van der Waals surface area contributed by atoms with Crippen LogP contribution in [0.5, 0.6) is 5.75 Å². The van der Waals surface area contributed by atoms with Crippen molar-refractivity contribution in [3.05, 3.63) is 59.1 Å². The third kappa shape index (κ3) is 7.13. The molecule has 0 heterocycles. The third-order valence-electron chi connectivity index (χ3n) is 6.28. The first-order chi connectivity index (χ1) is 17.1. The van der Waals surface area contributed by atoms with Crippen LogP contribution >= 0.6 is 11.6 Å². The number of para-hydroxylation sites is 2. The first kappa shape index (κ1) is 27.8. The summed E-state index contributed by atoms with van der Waals surface area (Å²) < 4.78 is 32.2. The number of halogens is 1. The zero-order valence-electron chi connectivity index (χ0n) is 20.9. The number of carbonyl (C=O) groups is 2. The molecular formula is C26H34ClN3O5S. The molecule has 1 fully saturated rings. The van der Waals surface area contributed by atoms with Gasteiger partial charge in [-0.15, -0.1) is 0 Å². The molecule has 0 saturated heterocycles. The van der Waals surface area contributed by atoms with Crippen molar-refractivity contribution in [2.75, 3.05) is 23.7 Å². The number of ether oxygens (including phenoxy) is 1. The van der Waals surface area contributed by atoms with Crippen molar-refractivity contribution in [1.29, 1.82) is 0 Å². The maximum atomic E-state index is 13.7. The molecule has 0 spiro atoms. The van der Waals surface area contributed by atoms with Gasteiger partial charge >= 0.3 is 0 Å². The van der Waals surface area contributed by atoms with Gasteiger partial charge in [0.15, 0.2) is 0 Å². The largest absolute Gasteiger partial charge is 0.492 e. The van der Waals surface area contributed by atoms with E-state index < -0.39 is 28.5 Å². The van der Waals surface area contributed by atoms with Crippen LogP contribution in [0, 0.1) is 0 Å². The highest BCUT2D eigenvalue weighted by atomic mass is 35.5. The maximum Gasteiger partial charge on any atom is 0.244 e. The second-order valence-corrected chi connectivity index (χ2v) is 11.3. The molecule has 1 aliphatic carbocycles. The van der Waals surface area contributed by atoms with Crippen LogP contribution in [0.3, 0.4) is 0 Å². The minimum atomic E-state index is -3.85. The molecule has 36 heavy (non-hydrogen) atoms. The van der Waals surface area contributed by atoms with Gasteiger partial charge in [0.05, 0.1) is 18.6 Å². The van der Waals surface area contributed by atoms with Gasteiger partial charge in [-0.25, -0.2) is 8.42 Å². The van der Waals surface area contributed by atoms with E-state index in [1.165, 1.54) is 4.90 Å². The van der Waals surface area contributed by atoms with Crippen LogP contribution in [0.15, 0.2) is 48.5 Å². The molecule has 2 aromatic rings. The Morgan fingerprint density at radius 1 is 1.11 bits per heavy atom. The van der Waals surface area contributed by atoms with Crippen LogP contribution in [-0.4, -0.2) is 56.6 Å². The van der Waals surface area contributed by atoms with Gasteiger partial charge in [0.2, 0.25) is 21.8 Å². The van der Waals surface area contributed by atoms with Gasteiger partial charge in [-0.2, -0.15) is 0 Å². The summed E-state index contributed by atoms with van der Waals surface area (Å²) in [5.74, 6) is -0.452. The molecule has 1 atom stereocenters. The van der Waals surface area contributed by atoms with Crippen LogP contribution < -0.4 is 14.4 Å². The SMILES string of the molecule is CCOc1ccccc1N(CC(=O)N(Cc1ccccc1Cl)C(C)C(=O)NC1CCCC1)S(C)(=O)=O. The van der Waals surface area contributed by atoms with Crippen molar-refractivity contribution in [1.82, 2.24) is 10.2 Å². The lowest BCUT2D eigenvalue weighted by atomic mass is 10.1. The summed E-state index contributed by atoms with van der Waals surface area (Å²) >= 11 is 6.36. The summed E-state index contributed by atoms with van der Waals surface area (Å²) in [7, 11) is -3.85. The Morgan fingerprint density at radius 2 is 1.75 bits per heavy atom. The van der Waals surface area contributed by atoms with Crippen molar-refractivity contribution in [3.8, 4) is 5.75 Å². The number of hydrogen-bond acceptors (Lipinski definition) is 5. The van der Waals surface area contributed by atoms with Crippen molar-refractivity contribution < 1.29 is 22.7 Å². The van der Waals surface area contributed by atoms with Crippen molar-refractivity contribution in [2.24, 2.45) is 0 Å². The molecule has 3 rings (SSSR count). The predicted octanol–water partition coefficient (Wildman–Crippen LogP) is 3.98. The Morgan fingerprint density at radius 3 is 2.39 bits per heavy atom. The summed E-state index contributed by atoms with van der Waals surface area (Å²) in [6, 6.07) is 13.0. The normalized spacial score (nSPS) is 14.8. The van der Waals surface area contributed by atoms with Crippen molar-refractivity contribution in [3.63, 3.8) is 0 Å². The van der Waals surface area contributed by atoms with E-state index in [0.29, 0.717) is 22.9 Å². The zero-order chi connectivity index (χ0) is 26.3. The van der Waals surface area contributed by atoms with Crippen molar-refractivity contribution >= 4 is 39.1 Å². The van der Waals surface area contributed by atoms with Gasteiger partial charge in [-0.1, -0.05) is 54.8 Å². The monoisotopic (exact) mass is 535 g/mol. The number of carbonyl (C=O) groups excluding carboxylic acids is 2. The van der Waals surface area contributed by atoms with E-state index in [9.17, 15) is 18.0 Å². The van der Waals surface area contributed by atoms with Crippen LogP contribution in [-0.2, 0) is 26.2 Å². The van der Waals surface area contributed by atoms with Gasteiger partial charge < -0.3 is 15.0 Å². The topological polar surface area (TPSA) is 96.0 Å². The van der Waals surface area contributed by atoms with Crippen LogP contribution in [0.4, 0.5) is 5.69 Å². The Bertz CT molecular complexity index is 1170. The molecule has 2 aromatic carbocycles. The first-order valence-corrected chi connectivity index (χ1v) is 14.4. The Balaban J connectivity index is 1.92. The van der Waals surface area contributed by atoms with Gasteiger partial charge in [-0.05, 0) is 50.5 Å². The van der Waals surface area contributed by atoms with Gasteiger partial charge in [0.1, 0.15) is 18.3 Å². The number of sulfonamides is 1. The highest BCUT2D eigenvalue weighted by Crippen LogP contribution is 2.30. The smallest absolute Gasteiger partial charge is 0.244 e. The lowest BCUT2D eigenvalue weighted by molar-refractivity contribution is -0.139. The molecule has 0 aromatic heterocycles. The fraction of sp³-hybridized carbons (Fsp3) is 0.462. The minimum Gasteiger partial charge on any atom is -0.492 e. The minimum absolute atomic E-state index is 0.0580. The van der Waals surface area contributed by atoms with Crippen molar-refractivity contribution in [2.45, 2.75) is 58.2 Å². The average Bonchev–Trinajstić information content (AvgIpc) is 3.34. The molecule has 0 aliphatic heterocycles. The number of amides is 2. The van der Waals surface area contributed by atoms with Gasteiger partial charge in [0, 0.05) is 17.6 Å². The number of rotatable bonds is 11. The molecule has 0 bridgehead atoms. The standard InChI is InChI=1S/C26H34ClN3O5S/c1-4-35-24-16-10-9-15-23(24)30(36(3,33)34)18-25(31)29(17-20-11-5-8-14-22(20)27)19(2)26(32)28-21-12-6-7-13-21/h5,8-11,14-16,19,21H,4,6-7,12-13,17-18H2,1-3H3,(H,28,32). The number of nitrogens with one attached hydrogen (secondary N) is 1. The van der Waals surface area contributed by atoms with E-state index in [2.05, 4.69) is 5.32 Å². The number of benzene rings is 2. The second-order valence-electron chi connectivity index (χ2n) is 8.95. The summed E-state index contributed by atoms with van der Waals surface area (Å²) in [5, 5.41) is 3.50. The highest BCUT2D eigenvalue weighted by molar-refractivity contribution is 7.92. The lowest BCUT2D eigenvalue weighted by Gasteiger charge is -2.32. The quantitative estimate of drug-likeness (QED) is 0.469. The third-order valence-corrected chi connectivity index (χ3v) is 7.78. The van der Waals surface area contributed by atoms with Crippen LogP contribution in [0.25, 0.3) is 0 Å². The summed E-state index contributed by atoms with van der Waals surface area (Å²) in [6.45, 7) is 3.34. The van der Waals surface area contributed by atoms with Crippen LogP contribution in [0.2, 0.25) is 5.02 Å². The van der Waals surface area contributed by atoms with E-state index in [0.717, 1.165) is 36.2 Å². The highest BCUT2D eigenvalue weighted by Gasteiger charge is 2.32. The predicted molar refractivity (Wildman–Crippen MR) is 142 cm³/mol. The molecule has 2 amide bonds. The molecule has 10 heteroatoms. The van der Waals surface area contributed by atoms with Gasteiger partial charge in [0.25, 0.3) is 0 Å². The van der Waals surface area contributed by atoms with E-state index in [1.54, 1.807) is 62.4 Å². The zero-order valence-corrected chi connectivity index (χ0v) is 22.5. The molecule has 1 saturated carbocycles. The average molecular weight is 536 g/mol. The van der Waals surface area contributed by atoms with E-state index in [1.807, 2.05) is 0 Å². The van der Waals surface area contributed by atoms with E-state index in [4.69, 9.17) is 16.3 Å². The summed E-state index contributed by atoms with van der Waals surface area (Å²) in [5.41, 5.74) is 0.921. The lowest BCUT2D eigenvalue weighted by Crippen LogP contribution is -2.52. The fourth-order valence-electron chi connectivity index (χ4n) is 4.32. The molecule has 1 unspecified atom stereocenters. The molecule has 196 valence electrons. The maximum absolute atomic E-state index is 13.7. The molecule has 1 aliphatic rings. The second kappa shape index (κ2) is 12.5. The molecule has 1 N–H and O–H groups in total. The molecule has 0 radical (unpaired) electrons. The van der Waals surface area contributed by atoms with Crippen LogP contribution in [0.1, 0.15) is 45.1 Å². The Hall–Kier alpha value is -2.78. The Labute approximate surface area is 218 Å². The number of nitrogens with zero attached hydrogens (tertiary/aromatic N) is 2. The first-order valence-electron chi connectivity index (χ1n) is 12.1. The Kier molecular flexibility index (Phi) is 9.62. The number of hydrogen-bond donors (Lipinski definition) is 1. The summed E-state index contributed by atoms with van der Waals surface area (Å²) in [6.07, 6.45) is 4.98.